The Hall–Kier alpha value is -2.89. The van der Waals surface area contributed by atoms with Gasteiger partial charge in [-0.25, -0.2) is 4.79 Å². The zero-order chi connectivity index (χ0) is 22.6. The van der Waals surface area contributed by atoms with Crippen molar-refractivity contribution in [1.82, 2.24) is 5.32 Å². The van der Waals surface area contributed by atoms with Crippen molar-refractivity contribution >= 4 is 29.8 Å². The first-order valence-electron chi connectivity index (χ1n) is 9.08. The molecule has 2 atom stereocenters. The van der Waals surface area contributed by atoms with Crippen LogP contribution in [0.4, 0.5) is 0 Å². The fraction of sp³-hybridized carbons (Fsp3) is 0.706. The van der Waals surface area contributed by atoms with Gasteiger partial charge in [-0.3, -0.25) is 19.8 Å². The second-order valence-corrected chi connectivity index (χ2v) is 6.91. The van der Waals surface area contributed by atoms with Gasteiger partial charge in [-0.15, -0.1) is 0 Å². The van der Waals surface area contributed by atoms with Gasteiger partial charge in [0.25, 0.3) is 5.91 Å². The van der Waals surface area contributed by atoms with Gasteiger partial charge in [-0.1, -0.05) is 6.92 Å². The number of nitrogens with one attached hydrogen (secondary N) is 2. The largest absolute Gasteiger partial charge is 0.458 e. The second kappa shape index (κ2) is 12.5. The maximum Gasteiger partial charge on any atom is 0.347 e. The summed E-state index contributed by atoms with van der Waals surface area (Å²) in [6, 6.07) is -0.911. The van der Waals surface area contributed by atoms with Crippen molar-refractivity contribution in [1.29, 1.82) is 5.41 Å². The van der Waals surface area contributed by atoms with E-state index in [0.717, 1.165) is 0 Å². The first kappa shape index (κ1) is 26.1. The number of nitrogens with two attached hydrogens (primary N) is 3. The molecule has 12 heteroatoms. The highest BCUT2D eigenvalue weighted by molar-refractivity contribution is 5.83. The number of rotatable bonds is 13. The molecule has 0 aliphatic heterocycles. The number of carbonyl (C=O) groups excluding carboxylic acids is 4. The van der Waals surface area contributed by atoms with Crippen LogP contribution in [-0.4, -0.2) is 60.7 Å². The molecule has 8 N–H and O–H groups in total. The van der Waals surface area contributed by atoms with E-state index < -0.39 is 48.2 Å². The molecule has 12 nitrogen and oxygen atoms in total. The van der Waals surface area contributed by atoms with Gasteiger partial charge in [0.2, 0.25) is 0 Å². The molecule has 0 bridgehead atoms. The number of carbonyl (C=O) groups is 4. The fourth-order valence-electron chi connectivity index (χ4n) is 2.13. The van der Waals surface area contributed by atoms with Gasteiger partial charge in [-0.05, 0) is 33.1 Å². The summed E-state index contributed by atoms with van der Waals surface area (Å²) in [6.07, 6.45) is -0.614. The van der Waals surface area contributed by atoms with E-state index in [1.54, 1.807) is 6.92 Å². The minimum Gasteiger partial charge on any atom is -0.458 e. The summed E-state index contributed by atoms with van der Waals surface area (Å²) in [7, 11) is 0. The highest BCUT2D eigenvalue weighted by Gasteiger charge is 2.32. The number of hydrogen-bond acceptors (Lipinski definition) is 9. The predicted octanol–water partition coefficient (Wildman–Crippen LogP) is -1.36. The third kappa shape index (κ3) is 12.2. The van der Waals surface area contributed by atoms with Gasteiger partial charge in [0, 0.05) is 6.54 Å². The fourth-order valence-corrected chi connectivity index (χ4v) is 2.13. The van der Waals surface area contributed by atoms with E-state index in [1.807, 2.05) is 0 Å². The first-order chi connectivity index (χ1) is 13.4. The topological polar surface area (TPSA) is 210 Å². The van der Waals surface area contributed by atoms with Gasteiger partial charge in [0.15, 0.2) is 18.7 Å². The highest BCUT2D eigenvalue weighted by Crippen LogP contribution is 2.18. The SMILES string of the molecule is CCC(OC(=O)CC(C)(C)OC(=O)[C@@H](N)CCCNC(=N)N)C(=O)OCC(N)=O. The molecule has 0 spiro atoms. The lowest BCUT2D eigenvalue weighted by molar-refractivity contribution is -0.174. The number of primary amides is 1. The molecule has 0 saturated carbocycles. The molecule has 29 heavy (non-hydrogen) atoms. The molecule has 0 radical (unpaired) electrons. The molecule has 0 aliphatic carbocycles. The molecule has 0 fully saturated rings. The first-order valence-corrected chi connectivity index (χ1v) is 9.08. The Bertz CT molecular complexity index is 609. The summed E-state index contributed by atoms with van der Waals surface area (Å²) < 4.78 is 14.9. The number of guanidine groups is 1. The molecular weight excluding hydrogens is 386 g/mol. The predicted molar refractivity (Wildman–Crippen MR) is 102 cm³/mol. The van der Waals surface area contributed by atoms with E-state index in [-0.39, 0.29) is 18.8 Å². The van der Waals surface area contributed by atoms with Crippen molar-refractivity contribution in [2.75, 3.05) is 13.2 Å². The maximum atomic E-state index is 12.1. The van der Waals surface area contributed by atoms with E-state index in [9.17, 15) is 19.2 Å². The Morgan fingerprint density at radius 1 is 1.14 bits per heavy atom. The summed E-state index contributed by atoms with van der Waals surface area (Å²) in [4.78, 5) is 46.6. The standard InChI is InChI=1S/C17H31N5O7/c1-4-11(15(26)27-9-12(19)23)28-13(24)8-17(2,3)29-14(25)10(18)6-5-7-22-16(20)21/h10-11H,4-9,18H2,1-3H3,(H2,19,23)(H4,20,21,22)/t10-,11?/m0/s1. The zero-order valence-corrected chi connectivity index (χ0v) is 17.0. The van der Waals surface area contributed by atoms with Crippen LogP contribution >= 0.6 is 0 Å². The van der Waals surface area contributed by atoms with Crippen molar-refractivity contribution in [2.24, 2.45) is 17.2 Å². The Balaban J connectivity index is 4.52. The average Bonchev–Trinajstić information content (AvgIpc) is 2.59. The minimum atomic E-state index is -1.22. The van der Waals surface area contributed by atoms with Crippen molar-refractivity contribution < 1.29 is 33.4 Å². The molecule has 1 amide bonds. The zero-order valence-electron chi connectivity index (χ0n) is 17.0. The number of esters is 3. The third-order valence-corrected chi connectivity index (χ3v) is 3.52. The van der Waals surface area contributed by atoms with Crippen LogP contribution in [0.15, 0.2) is 0 Å². The summed E-state index contributed by atoms with van der Waals surface area (Å²) in [5.74, 6) is -3.38. The molecule has 166 valence electrons. The van der Waals surface area contributed by atoms with Gasteiger partial charge in [-0.2, -0.15) is 0 Å². The van der Waals surface area contributed by atoms with Crippen LogP contribution in [0.5, 0.6) is 0 Å². The highest BCUT2D eigenvalue weighted by atomic mass is 16.6. The normalized spacial score (nSPS) is 13.0. The van der Waals surface area contributed by atoms with Gasteiger partial charge < -0.3 is 36.7 Å². The Labute approximate surface area is 169 Å². The number of ether oxygens (including phenoxy) is 3. The van der Waals surface area contributed by atoms with Crippen LogP contribution in [0, 0.1) is 5.41 Å². The van der Waals surface area contributed by atoms with Gasteiger partial charge in [0.05, 0.1) is 6.42 Å². The van der Waals surface area contributed by atoms with E-state index in [2.05, 4.69) is 10.1 Å². The maximum absolute atomic E-state index is 12.1. The van der Waals surface area contributed by atoms with Crippen LogP contribution in [0.25, 0.3) is 0 Å². The van der Waals surface area contributed by atoms with Crippen molar-refractivity contribution in [2.45, 2.75) is 64.2 Å². The molecule has 0 aromatic heterocycles. The summed E-state index contributed by atoms with van der Waals surface area (Å²) in [5, 5.41) is 9.62. The molecule has 0 aromatic rings. The van der Waals surface area contributed by atoms with E-state index in [4.69, 9.17) is 32.1 Å². The van der Waals surface area contributed by atoms with Crippen LogP contribution in [-0.2, 0) is 33.4 Å². The molecular formula is C17H31N5O7. The van der Waals surface area contributed by atoms with Crippen LogP contribution in [0.2, 0.25) is 0 Å². The van der Waals surface area contributed by atoms with E-state index >= 15 is 0 Å². The lowest BCUT2D eigenvalue weighted by atomic mass is 10.0. The third-order valence-electron chi connectivity index (χ3n) is 3.52. The van der Waals surface area contributed by atoms with Crippen LogP contribution < -0.4 is 22.5 Å². The van der Waals surface area contributed by atoms with Crippen molar-refractivity contribution in [3.05, 3.63) is 0 Å². The molecule has 1 unspecified atom stereocenters. The second-order valence-electron chi connectivity index (χ2n) is 6.91. The monoisotopic (exact) mass is 417 g/mol. The van der Waals surface area contributed by atoms with Crippen molar-refractivity contribution in [3.8, 4) is 0 Å². The summed E-state index contributed by atoms with van der Waals surface area (Å²) >= 11 is 0. The van der Waals surface area contributed by atoms with Crippen molar-refractivity contribution in [3.63, 3.8) is 0 Å². The van der Waals surface area contributed by atoms with E-state index in [0.29, 0.717) is 19.4 Å². The van der Waals surface area contributed by atoms with Gasteiger partial charge >= 0.3 is 17.9 Å². The Morgan fingerprint density at radius 3 is 2.28 bits per heavy atom. The molecule has 0 saturated heterocycles. The number of hydrogen-bond donors (Lipinski definition) is 5. The Kier molecular flexibility index (Phi) is 11.3. The smallest absolute Gasteiger partial charge is 0.347 e. The van der Waals surface area contributed by atoms with E-state index in [1.165, 1.54) is 13.8 Å². The quantitative estimate of drug-likeness (QED) is 0.0780. The summed E-state index contributed by atoms with van der Waals surface area (Å²) in [6.45, 7) is 4.37. The van der Waals surface area contributed by atoms with Crippen LogP contribution in [0.1, 0.15) is 46.5 Å². The van der Waals surface area contributed by atoms with Gasteiger partial charge in [0.1, 0.15) is 11.6 Å². The molecule has 0 heterocycles. The average molecular weight is 417 g/mol. The Morgan fingerprint density at radius 2 is 1.76 bits per heavy atom. The van der Waals surface area contributed by atoms with Crippen LogP contribution in [0.3, 0.4) is 0 Å². The minimum absolute atomic E-state index is 0.128. The lowest BCUT2D eigenvalue weighted by Crippen LogP contribution is -2.41. The molecule has 0 aromatic carbocycles. The molecule has 0 rings (SSSR count). The lowest BCUT2D eigenvalue weighted by Gasteiger charge is -2.26. The number of amides is 1. The summed E-state index contributed by atoms with van der Waals surface area (Å²) in [5.41, 5.74) is 14.6. The molecule has 0 aliphatic rings.